The number of carbonyl (C=O) groups excluding carboxylic acids is 1. The van der Waals surface area contributed by atoms with E-state index in [2.05, 4.69) is 15.3 Å². The summed E-state index contributed by atoms with van der Waals surface area (Å²) in [6, 6.07) is 9.40. The van der Waals surface area contributed by atoms with Crippen LogP contribution in [-0.2, 0) is 11.3 Å². The van der Waals surface area contributed by atoms with Crippen molar-refractivity contribution in [2.45, 2.75) is 6.61 Å². The third-order valence-corrected chi connectivity index (χ3v) is 3.12. The highest BCUT2D eigenvalue weighted by Crippen LogP contribution is 2.16. The van der Waals surface area contributed by atoms with Crippen molar-refractivity contribution in [3.05, 3.63) is 50.9 Å². The van der Waals surface area contributed by atoms with Crippen molar-refractivity contribution >= 4 is 46.1 Å². The van der Waals surface area contributed by atoms with Crippen molar-refractivity contribution in [1.29, 1.82) is 0 Å². The Kier molecular flexibility index (Phi) is 4.92. The number of amides is 1. The monoisotopic (exact) mass is 389 g/mol. The lowest BCUT2D eigenvalue weighted by Crippen LogP contribution is -2.15. The first kappa shape index (κ1) is 14.0. The Morgan fingerprint density at radius 2 is 2.11 bits per heavy atom. The molecule has 0 fully saturated rings. The molecule has 0 atom stereocenters. The summed E-state index contributed by atoms with van der Waals surface area (Å²) in [5.74, 6) is 0.332. The molecule has 1 aromatic heterocycles. The molecule has 7 heteroatoms. The van der Waals surface area contributed by atoms with Crippen LogP contribution in [0, 0.1) is 3.57 Å². The maximum absolute atomic E-state index is 11.6. The number of ether oxygens (including phenoxy) is 1. The quantitative estimate of drug-likeness (QED) is 0.645. The Balaban J connectivity index is 1.93. The number of aromatic nitrogens is 2. The van der Waals surface area contributed by atoms with Gasteiger partial charge in [-0.3, -0.25) is 5.32 Å². The molecule has 0 saturated carbocycles. The smallest absolute Gasteiger partial charge is 0.413 e. The van der Waals surface area contributed by atoms with Gasteiger partial charge in [-0.15, -0.1) is 0 Å². The lowest BCUT2D eigenvalue weighted by atomic mass is 10.2. The lowest BCUT2D eigenvalue weighted by Gasteiger charge is -2.07. The number of carbonyl (C=O) groups is 1. The highest BCUT2D eigenvalue weighted by molar-refractivity contribution is 14.1. The summed E-state index contributed by atoms with van der Waals surface area (Å²) in [5.41, 5.74) is 0.910. The zero-order valence-corrected chi connectivity index (χ0v) is 12.6. The summed E-state index contributed by atoms with van der Waals surface area (Å²) in [6.45, 7) is 0.196. The van der Waals surface area contributed by atoms with Gasteiger partial charge in [0.25, 0.3) is 0 Å². The number of nitrogens with one attached hydrogen (secondary N) is 1. The number of rotatable bonds is 3. The molecular weight excluding hydrogens is 381 g/mol. The second-order valence-corrected chi connectivity index (χ2v) is 5.02. The van der Waals surface area contributed by atoms with Crippen LogP contribution in [0.1, 0.15) is 5.56 Å². The Labute approximate surface area is 128 Å². The van der Waals surface area contributed by atoms with E-state index in [0.717, 1.165) is 5.56 Å². The van der Waals surface area contributed by atoms with Crippen LogP contribution in [-0.4, -0.2) is 16.1 Å². The maximum Gasteiger partial charge on any atom is 0.413 e. The molecule has 1 aromatic carbocycles. The number of halogens is 2. The van der Waals surface area contributed by atoms with Crippen molar-refractivity contribution in [2.24, 2.45) is 0 Å². The highest BCUT2D eigenvalue weighted by Gasteiger charge is 2.09. The van der Waals surface area contributed by atoms with Crippen molar-refractivity contribution in [3.63, 3.8) is 0 Å². The van der Waals surface area contributed by atoms with Gasteiger partial charge in [0, 0.05) is 6.20 Å². The molecule has 0 radical (unpaired) electrons. The number of nitrogens with zero attached hydrogens (tertiary/aromatic N) is 2. The average molecular weight is 390 g/mol. The Hall–Kier alpha value is -1.41. The van der Waals surface area contributed by atoms with E-state index in [1.165, 1.54) is 6.20 Å². The van der Waals surface area contributed by atoms with E-state index in [1.54, 1.807) is 0 Å². The molecule has 1 heterocycles. The van der Waals surface area contributed by atoms with E-state index >= 15 is 0 Å². The molecule has 1 amide bonds. The molecule has 0 aliphatic carbocycles. The van der Waals surface area contributed by atoms with E-state index in [9.17, 15) is 4.79 Å². The molecular formula is C12H9ClIN3O2. The third-order valence-electron chi connectivity index (χ3n) is 2.15. The topological polar surface area (TPSA) is 64.1 Å². The molecule has 0 aliphatic rings. The molecule has 0 aliphatic heterocycles. The van der Waals surface area contributed by atoms with Gasteiger partial charge in [0.05, 0.1) is 3.57 Å². The first-order chi connectivity index (χ1) is 9.15. The minimum Gasteiger partial charge on any atom is -0.444 e. The van der Waals surface area contributed by atoms with Gasteiger partial charge < -0.3 is 4.74 Å². The number of hydrogen-bond donors (Lipinski definition) is 1. The minimum absolute atomic E-state index is 0.0683. The normalized spacial score (nSPS) is 10.0. The van der Waals surface area contributed by atoms with Crippen LogP contribution in [0.2, 0.25) is 5.28 Å². The Morgan fingerprint density at radius 1 is 1.37 bits per heavy atom. The van der Waals surface area contributed by atoms with E-state index in [1.807, 2.05) is 52.9 Å². The second-order valence-electron chi connectivity index (χ2n) is 3.52. The van der Waals surface area contributed by atoms with Crippen molar-refractivity contribution in [1.82, 2.24) is 9.97 Å². The van der Waals surface area contributed by atoms with Crippen LogP contribution < -0.4 is 5.32 Å². The van der Waals surface area contributed by atoms with Crippen LogP contribution in [0.25, 0.3) is 0 Å². The van der Waals surface area contributed by atoms with Gasteiger partial charge in [-0.2, -0.15) is 4.98 Å². The first-order valence-corrected chi connectivity index (χ1v) is 6.76. The highest BCUT2D eigenvalue weighted by atomic mass is 127. The van der Waals surface area contributed by atoms with Crippen molar-refractivity contribution in [2.75, 3.05) is 5.32 Å². The fraction of sp³-hybridized carbons (Fsp3) is 0.0833. The summed E-state index contributed by atoms with van der Waals surface area (Å²) in [4.78, 5) is 19.3. The SMILES string of the molecule is O=C(Nc1nc(Cl)ncc1I)OCc1ccccc1. The zero-order valence-electron chi connectivity index (χ0n) is 9.64. The summed E-state index contributed by atoms with van der Waals surface area (Å²) in [6.07, 6.45) is 0.930. The average Bonchev–Trinajstić information content (AvgIpc) is 2.42. The van der Waals surface area contributed by atoms with Crippen LogP contribution in [0.15, 0.2) is 36.5 Å². The molecule has 0 bridgehead atoms. The molecule has 0 unspecified atom stereocenters. The van der Waals surface area contributed by atoms with Crippen LogP contribution in [0.4, 0.5) is 10.6 Å². The summed E-state index contributed by atoms with van der Waals surface area (Å²) >= 11 is 7.65. The maximum atomic E-state index is 11.6. The van der Waals surface area contributed by atoms with Crippen LogP contribution in [0.3, 0.4) is 0 Å². The molecule has 2 rings (SSSR count). The van der Waals surface area contributed by atoms with Crippen molar-refractivity contribution < 1.29 is 9.53 Å². The molecule has 5 nitrogen and oxygen atoms in total. The molecule has 98 valence electrons. The molecule has 2 aromatic rings. The first-order valence-electron chi connectivity index (χ1n) is 5.31. The van der Waals surface area contributed by atoms with E-state index in [0.29, 0.717) is 9.39 Å². The molecule has 19 heavy (non-hydrogen) atoms. The Morgan fingerprint density at radius 3 is 2.84 bits per heavy atom. The van der Waals surface area contributed by atoms with Gasteiger partial charge in [-0.1, -0.05) is 30.3 Å². The lowest BCUT2D eigenvalue weighted by molar-refractivity contribution is 0.155. The second kappa shape index (κ2) is 6.67. The van der Waals surface area contributed by atoms with E-state index < -0.39 is 6.09 Å². The number of benzene rings is 1. The van der Waals surface area contributed by atoms with Gasteiger partial charge in [-0.05, 0) is 39.8 Å². The molecule has 0 spiro atoms. The van der Waals surface area contributed by atoms with Gasteiger partial charge >= 0.3 is 6.09 Å². The Bertz CT molecular complexity index is 580. The molecule has 0 saturated heterocycles. The predicted molar refractivity (Wildman–Crippen MR) is 80.0 cm³/mol. The standard InChI is InChI=1S/C12H9ClIN3O2/c13-11-15-6-9(14)10(16-11)17-12(18)19-7-8-4-2-1-3-5-8/h1-6H,7H2,(H,15,16,17,18). The van der Waals surface area contributed by atoms with E-state index in [-0.39, 0.29) is 11.9 Å². The summed E-state index contributed by atoms with van der Waals surface area (Å²) in [5, 5.41) is 2.59. The number of hydrogen-bond acceptors (Lipinski definition) is 4. The summed E-state index contributed by atoms with van der Waals surface area (Å²) < 4.78 is 5.75. The van der Waals surface area contributed by atoms with E-state index in [4.69, 9.17) is 16.3 Å². The van der Waals surface area contributed by atoms with Gasteiger partial charge in [0.15, 0.2) is 5.82 Å². The van der Waals surface area contributed by atoms with Gasteiger partial charge in [0.2, 0.25) is 5.28 Å². The fourth-order valence-corrected chi connectivity index (χ4v) is 1.82. The van der Waals surface area contributed by atoms with Crippen LogP contribution in [0.5, 0.6) is 0 Å². The minimum atomic E-state index is -0.587. The predicted octanol–water partition coefficient (Wildman–Crippen LogP) is 3.48. The third kappa shape index (κ3) is 4.32. The fourth-order valence-electron chi connectivity index (χ4n) is 1.29. The zero-order chi connectivity index (χ0) is 13.7. The largest absolute Gasteiger partial charge is 0.444 e. The van der Waals surface area contributed by atoms with Crippen LogP contribution >= 0.6 is 34.2 Å². The summed E-state index contributed by atoms with van der Waals surface area (Å²) in [7, 11) is 0. The van der Waals surface area contributed by atoms with Gasteiger partial charge in [0.1, 0.15) is 6.61 Å². The van der Waals surface area contributed by atoms with Crippen molar-refractivity contribution in [3.8, 4) is 0 Å². The van der Waals surface area contributed by atoms with Gasteiger partial charge in [-0.25, -0.2) is 9.78 Å². The number of anilines is 1. The molecule has 1 N–H and O–H groups in total.